The molecule has 0 aliphatic heterocycles. The number of anilines is 1. The Morgan fingerprint density at radius 1 is 1.50 bits per heavy atom. The summed E-state index contributed by atoms with van der Waals surface area (Å²) in [7, 11) is 1.88. The molecule has 1 aromatic rings. The number of aromatic carboxylic acids is 1. The van der Waals surface area contributed by atoms with Crippen molar-refractivity contribution < 1.29 is 9.90 Å². The van der Waals surface area contributed by atoms with Gasteiger partial charge in [-0.15, -0.1) is 0 Å². The Labute approximate surface area is 116 Å². The molecule has 1 aromatic heterocycles. The molecule has 0 spiro atoms. The van der Waals surface area contributed by atoms with Gasteiger partial charge in [-0.05, 0) is 41.3 Å². The molecule has 0 fully saturated rings. The first kappa shape index (κ1) is 15.0. The van der Waals surface area contributed by atoms with E-state index < -0.39 is 5.97 Å². The highest BCUT2D eigenvalue weighted by atomic mass is 79.9. The molecular weight excluding hydrogens is 296 g/mol. The summed E-state index contributed by atoms with van der Waals surface area (Å²) in [5.41, 5.74) is 0.225. The lowest BCUT2D eigenvalue weighted by molar-refractivity contribution is 0.0697. The second-order valence-corrected chi connectivity index (χ2v) is 5.84. The fraction of sp³-hybridized carbons (Fsp3) is 0.538. The third-order valence-corrected chi connectivity index (χ3v) is 3.31. The van der Waals surface area contributed by atoms with Gasteiger partial charge in [-0.3, -0.25) is 0 Å². The summed E-state index contributed by atoms with van der Waals surface area (Å²) in [5, 5.41) is 9.22. The molecule has 0 aromatic carbocycles. The summed E-state index contributed by atoms with van der Waals surface area (Å²) in [4.78, 5) is 17.4. The van der Waals surface area contributed by atoms with E-state index in [9.17, 15) is 9.90 Å². The molecule has 18 heavy (non-hydrogen) atoms. The van der Waals surface area contributed by atoms with Crippen LogP contribution < -0.4 is 4.90 Å². The first-order chi connectivity index (χ1) is 8.32. The van der Waals surface area contributed by atoms with Crippen molar-refractivity contribution in [1.82, 2.24) is 4.98 Å². The van der Waals surface area contributed by atoms with Gasteiger partial charge < -0.3 is 10.0 Å². The normalized spacial score (nSPS) is 12.6. The smallest absolute Gasteiger partial charge is 0.339 e. The monoisotopic (exact) mass is 314 g/mol. The average Bonchev–Trinajstić information content (AvgIpc) is 2.26. The molecule has 4 nitrogen and oxygen atoms in total. The summed E-state index contributed by atoms with van der Waals surface area (Å²) in [6.07, 6.45) is 2.62. The zero-order valence-corrected chi connectivity index (χ0v) is 12.7. The number of pyridine rings is 1. The number of carboxylic acid groups (broad SMARTS) is 1. The van der Waals surface area contributed by atoms with Crippen molar-refractivity contribution in [2.24, 2.45) is 5.92 Å². The standard InChI is InChI=1S/C13H19BrN2O2/c1-8(2)5-9(3)16(4)12-11(13(17)18)6-10(14)7-15-12/h6-9H,5H2,1-4H3,(H,17,18). The minimum atomic E-state index is -0.956. The van der Waals surface area contributed by atoms with Gasteiger partial charge in [0.2, 0.25) is 0 Å². The van der Waals surface area contributed by atoms with E-state index in [1.54, 1.807) is 12.3 Å². The highest BCUT2D eigenvalue weighted by Crippen LogP contribution is 2.24. The highest BCUT2D eigenvalue weighted by molar-refractivity contribution is 9.10. The van der Waals surface area contributed by atoms with Crippen molar-refractivity contribution in [3.05, 3.63) is 22.3 Å². The van der Waals surface area contributed by atoms with E-state index in [1.807, 2.05) is 11.9 Å². The Kier molecular flexibility index (Phi) is 5.14. The Morgan fingerprint density at radius 2 is 2.11 bits per heavy atom. The van der Waals surface area contributed by atoms with Crippen LogP contribution in [-0.2, 0) is 0 Å². The minimum absolute atomic E-state index is 0.225. The predicted molar refractivity (Wildman–Crippen MR) is 76.2 cm³/mol. The topological polar surface area (TPSA) is 53.4 Å². The van der Waals surface area contributed by atoms with Crippen molar-refractivity contribution >= 4 is 27.7 Å². The largest absolute Gasteiger partial charge is 0.478 e. The minimum Gasteiger partial charge on any atom is -0.478 e. The highest BCUT2D eigenvalue weighted by Gasteiger charge is 2.19. The molecule has 1 unspecified atom stereocenters. The molecular formula is C13H19BrN2O2. The molecule has 5 heteroatoms. The molecule has 1 atom stereocenters. The van der Waals surface area contributed by atoms with E-state index in [2.05, 4.69) is 41.7 Å². The maximum Gasteiger partial charge on any atom is 0.339 e. The Bertz CT molecular complexity index is 435. The van der Waals surface area contributed by atoms with Crippen LogP contribution in [0.1, 0.15) is 37.6 Å². The third-order valence-electron chi connectivity index (χ3n) is 2.87. The van der Waals surface area contributed by atoms with Gasteiger partial charge >= 0.3 is 5.97 Å². The molecule has 0 saturated carbocycles. The summed E-state index contributed by atoms with van der Waals surface area (Å²) in [5.74, 6) is 0.118. The van der Waals surface area contributed by atoms with Crippen molar-refractivity contribution in [1.29, 1.82) is 0 Å². The lowest BCUT2D eigenvalue weighted by Gasteiger charge is -2.28. The summed E-state index contributed by atoms with van der Waals surface area (Å²) < 4.78 is 0.675. The molecule has 0 radical (unpaired) electrons. The lowest BCUT2D eigenvalue weighted by atomic mass is 10.0. The Morgan fingerprint density at radius 3 is 2.61 bits per heavy atom. The van der Waals surface area contributed by atoms with Crippen molar-refractivity contribution in [3.63, 3.8) is 0 Å². The van der Waals surface area contributed by atoms with Gasteiger partial charge in [0, 0.05) is 23.8 Å². The zero-order valence-electron chi connectivity index (χ0n) is 11.1. The molecule has 1 N–H and O–H groups in total. The molecule has 0 amide bonds. The fourth-order valence-corrected chi connectivity index (χ4v) is 2.25. The van der Waals surface area contributed by atoms with Crippen LogP contribution in [0.25, 0.3) is 0 Å². The van der Waals surface area contributed by atoms with Crippen LogP contribution in [0.4, 0.5) is 5.82 Å². The Hall–Kier alpha value is -1.10. The molecule has 0 saturated heterocycles. The van der Waals surface area contributed by atoms with E-state index in [1.165, 1.54) is 0 Å². The van der Waals surface area contributed by atoms with Crippen LogP contribution in [0.2, 0.25) is 0 Å². The van der Waals surface area contributed by atoms with E-state index in [4.69, 9.17) is 0 Å². The van der Waals surface area contributed by atoms with Crippen LogP contribution in [-0.4, -0.2) is 29.1 Å². The SMILES string of the molecule is CC(C)CC(C)N(C)c1ncc(Br)cc1C(=O)O. The molecule has 0 bridgehead atoms. The Balaban J connectivity index is 3.04. The summed E-state index contributed by atoms with van der Waals surface area (Å²) >= 11 is 3.25. The van der Waals surface area contributed by atoms with E-state index in [0.717, 1.165) is 6.42 Å². The van der Waals surface area contributed by atoms with Crippen molar-refractivity contribution in [2.45, 2.75) is 33.2 Å². The molecule has 0 aliphatic rings. The maximum absolute atomic E-state index is 11.2. The van der Waals surface area contributed by atoms with Gasteiger partial charge in [0.15, 0.2) is 0 Å². The van der Waals surface area contributed by atoms with Crippen LogP contribution >= 0.6 is 15.9 Å². The molecule has 1 rings (SSSR count). The number of hydrogen-bond donors (Lipinski definition) is 1. The quantitative estimate of drug-likeness (QED) is 0.904. The number of carboxylic acids is 1. The summed E-state index contributed by atoms with van der Waals surface area (Å²) in [6, 6.07) is 1.83. The second-order valence-electron chi connectivity index (χ2n) is 4.92. The molecule has 0 aliphatic carbocycles. The van der Waals surface area contributed by atoms with E-state index in [0.29, 0.717) is 16.2 Å². The van der Waals surface area contributed by atoms with Crippen molar-refractivity contribution in [2.75, 3.05) is 11.9 Å². The number of nitrogens with zero attached hydrogens (tertiary/aromatic N) is 2. The van der Waals surface area contributed by atoms with Crippen LogP contribution in [0.15, 0.2) is 16.7 Å². The third kappa shape index (κ3) is 3.70. The second kappa shape index (κ2) is 6.18. The number of aromatic nitrogens is 1. The van der Waals surface area contributed by atoms with Gasteiger partial charge in [-0.25, -0.2) is 9.78 Å². The number of carbonyl (C=O) groups is 1. The number of hydrogen-bond acceptors (Lipinski definition) is 3. The first-order valence-electron chi connectivity index (χ1n) is 5.94. The fourth-order valence-electron chi connectivity index (χ4n) is 1.92. The van der Waals surface area contributed by atoms with Gasteiger partial charge in [0.25, 0.3) is 0 Å². The van der Waals surface area contributed by atoms with Gasteiger partial charge in [-0.2, -0.15) is 0 Å². The van der Waals surface area contributed by atoms with E-state index in [-0.39, 0.29) is 11.6 Å². The van der Waals surface area contributed by atoms with Gasteiger partial charge in [-0.1, -0.05) is 13.8 Å². The number of rotatable bonds is 5. The number of halogens is 1. The van der Waals surface area contributed by atoms with Crippen LogP contribution in [0, 0.1) is 5.92 Å². The van der Waals surface area contributed by atoms with Crippen molar-refractivity contribution in [3.8, 4) is 0 Å². The van der Waals surface area contributed by atoms with Gasteiger partial charge in [0.05, 0.1) is 0 Å². The predicted octanol–water partition coefficient (Wildman–Crippen LogP) is 3.41. The molecule has 1 heterocycles. The average molecular weight is 315 g/mol. The molecule has 100 valence electrons. The summed E-state index contributed by atoms with van der Waals surface area (Å²) in [6.45, 7) is 6.38. The van der Waals surface area contributed by atoms with Crippen LogP contribution in [0.3, 0.4) is 0 Å². The zero-order chi connectivity index (χ0) is 13.9. The van der Waals surface area contributed by atoms with Gasteiger partial charge in [0.1, 0.15) is 11.4 Å². The first-order valence-corrected chi connectivity index (χ1v) is 6.74. The lowest BCUT2D eigenvalue weighted by Crippen LogP contribution is -2.32. The van der Waals surface area contributed by atoms with Crippen LogP contribution in [0.5, 0.6) is 0 Å². The maximum atomic E-state index is 11.2. The van der Waals surface area contributed by atoms with E-state index >= 15 is 0 Å².